The van der Waals surface area contributed by atoms with Crippen LogP contribution in [0.25, 0.3) is 0 Å². The van der Waals surface area contributed by atoms with Crippen LogP contribution in [-0.2, 0) is 4.74 Å². The van der Waals surface area contributed by atoms with Crippen molar-refractivity contribution in [3.8, 4) is 0 Å². The summed E-state index contributed by atoms with van der Waals surface area (Å²) in [6.07, 6.45) is 66.3. The van der Waals surface area contributed by atoms with Gasteiger partial charge in [0.1, 0.15) is 0 Å². The van der Waals surface area contributed by atoms with E-state index < -0.39 is 0 Å². The molecule has 0 atom stereocenters. The van der Waals surface area contributed by atoms with E-state index in [4.69, 9.17) is 4.74 Å². The van der Waals surface area contributed by atoms with E-state index in [9.17, 15) is 4.79 Å². The molecule has 0 saturated heterocycles. The minimum atomic E-state index is -0.0390. The van der Waals surface area contributed by atoms with Gasteiger partial charge in [-0.1, -0.05) is 310 Å². The zero-order valence-corrected chi connectivity index (χ0v) is 40.8. The fourth-order valence-corrected chi connectivity index (χ4v) is 8.90. The number of hydrogen-bond donors (Lipinski definition) is 0. The van der Waals surface area contributed by atoms with Crippen molar-refractivity contribution in [3.63, 3.8) is 0 Å². The van der Waals surface area contributed by atoms with Gasteiger partial charge in [0, 0.05) is 13.1 Å². The summed E-state index contributed by atoms with van der Waals surface area (Å²) in [4.78, 5) is 15.3. The summed E-state index contributed by atoms with van der Waals surface area (Å²) >= 11 is 0. The molecule has 3 nitrogen and oxygen atoms in total. The first-order valence-electron chi connectivity index (χ1n) is 27.7. The summed E-state index contributed by atoms with van der Waals surface area (Å²) in [7, 11) is 0. The van der Waals surface area contributed by atoms with E-state index in [1.54, 1.807) is 0 Å². The van der Waals surface area contributed by atoms with Crippen LogP contribution in [0.1, 0.15) is 329 Å². The lowest BCUT2D eigenvalue weighted by Crippen LogP contribution is -2.33. The second-order valence-electron chi connectivity index (χ2n) is 19.0. The van der Waals surface area contributed by atoms with Crippen molar-refractivity contribution in [3.05, 3.63) is 0 Å². The van der Waals surface area contributed by atoms with E-state index in [-0.39, 0.29) is 6.09 Å². The molecule has 0 aliphatic rings. The smallest absolute Gasteiger partial charge is 0.409 e. The topological polar surface area (TPSA) is 29.5 Å². The zero-order chi connectivity index (χ0) is 41.9. The molecule has 58 heavy (non-hydrogen) atoms. The van der Waals surface area contributed by atoms with E-state index in [0.29, 0.717) is 6.61 Å². The highest BCUT2D eigenvalue weighted by molar-refractivity contribution is 5.67. The molecule has 0 aromatic rings. The number of amides is 1. The summed E-state index contributed by atoms with van der Waals surface area (Å²) in [6, 6.07) is 0. The second-order valence-corrected chi connectivity index (χ2v) is 19.0. The highest BCUT2D eigenvalue weighted by atomic mass is 16.6. The third-order valence-electron chi connectivity index (χ3n) is 13.0. The van der Waals surface area contributed by atoms with Crippen molar-refractivity contribution in [2.45, 2.75) is 329 Å². The van der Waals surface area contributed by atoms with Crippen LogP contribution in [0.5, 0.6) is 0 Å². The Morgan fingerprint density at radius 3 is 0.638 bits per heavy atom. The lowest BCUT2D eigenvalue weighted by molar-refractivity contribution is 0.0989. The van der Waals surface area contributed by atoms with Crippen molar-refractivity contribution in [1.29, 1.82) is 0 Å². The van der Waals surface area contributed by atoms with Crippen LogP contribution < -0.4 is 0 Å². The summed E-state index contributed by atoms with van der Waals surface area (Å²) < 4.78 is 5.87. The maximum atomic E-state index is 13.2. The summed E-state index contributed by atoms with van der Waals surface area (Å²) in [5, 5.41) is 0. The molecular formula is C55H111NO2. The van der Waals surface area contributed by atoms with Crippen molar-refractivity contribution >= 4 is 6.09 Å². The maximum absolute atomic E-state index is 13.2. The van der Waals surface area contributed by atoms with Crippen molar-refractivity contribution in [2.75, 3.05) is 19.7 Å². The van der Waals surface area contributed by atoms with Crippen LogP contribution in [0.3, 0.4) is 0 Å². The number of unbranched alkanes of at least 4 members (excludes halogenated alkanes) is 45. The number of ether oxygens (including phenoxy) is 1. The van der Waals surface area contributed by atoms with Crippen LogP contribution in [-0.4, -0.2) is 30.7 Å². The molecule has 3 heteroatoms. The minimum Gasteiger partial charge on any atom is -0.449 e. The number of hydrogen-bond acceptors (Lipinski definition) is 2. The van der Waals surface area contributed by atoms with Crippen LogP contribution in [0.15, 0.2) is 0 Å². The Morgan fingerprint density at radius 2 is 0.431 bits per heavy atom. The molecular weight excluding hydrogens is 707 g/mol. The summed E-state index contributed by atoms with van der Waals surface area (Å²) in [5.41, 5.74) is 0. The van der Waals surface area contributed by atoms with Crippen LogP contribution in [0.4, 0.5) is 4.79 Å². The van der Waals surface area contributed by atoms with Gasteiger partial charge in [-0.25, -0.2) is 4.79 Å². The monoisotopic (exact) mass is 818 g/mol. The molecule has 0 aromatic carbocycles. The Bertz CT molecular complexity index is 703. The van der Waals surface area contributed by atoms with E-state index in [2.05, 4.69) is 25.7 Å². The Hall–Kier alpha value is -0.730. The van der Waals surface area contributed by atoms with Gasteiger partial charge in [-0.15, -0.1) is 0 Å². The van der Waals surface area contributed by atoms with Gasteiger partial charge >= 0.3 is 6.09 Å². The Morgan fingerprint density at radius 1 is 0.259 bits per heavy atom. The molecule has 0 aliphatic heterocycles. The van der Waals surface area contributed by atoms with Crippen molar-refractivity contribution in [2.24, 2.45) is 0 Å². The predicted molar refractivity (Wildman–Crippen MR) is 262 cm³/mol. The SMILES string of the molecule is CCCCCCCCCCCCCCCCCCOC(=O)N(CCCCCCCCCCCCCCCCCC)CCCCCCCCCCCCCCCCCC. The molecule has 0 heterocycles. The molecule has 0 fully saturated rings. The van der Waals surface area contributed by atoms with Crippen LogP contribution >= 0.6 is 0 Å². The van der Waals surface area contributed by atoms with Crippen LogP contribution in [0.2, 0.25) is 0 Å². The quantitative estimate of drug-likeness (QED) is 0.0572. The molecule has 0 N–H and O–H groups in total. The highest BCUT2D eigenvalue weighted by Gasteiger charge is 2.14. The molecule has 0 aromatic heterocycles. The van der Waals surface area contributed by atoms with E-state index in [1.165, 1.54) is 289 Å². The molecule has 0 saturated carbocycles. The average Bonchev–Trinajstić information content (AvgIpc) is 3.23. The van der Waals surface area contributed by atoms with Gasteiger partial charge < -0.3 is 9.64 Å². The average molecular weight is 818 g/mol. The molecule has 0 radical (unpaired) electrons. The van der Waals surface area contributed by atoms with Gasteiger partial charge in [-0.05, 0) is 19.3 Å². The lowest BCUT2D eigenvalue weighted by atomic mass is 10.0. The Kier molecular flexibility index (Phi) is 51.7. The number of rotatable bonds is 51. The van der Waals surface area contributed by atoms with Gasteiger partial charge in [-0.2, -0.15) is 0 Å². The molecule has 0 aliphatic carbocycles. The van der Waals surface area contributed by atoms with E-state index in [0.717, 1.165) is 32.4 Å². The van der Waals surface area contributed by atoms with Gasteiger partial charge in [0.25, 0.3) is 0 Å². The van der Waals surface area contributed by atoms with E-state index in [1.807, 2.05) is 0 Å². The third-order valence-corrected chi connectivity index (χ3v) is 13.0. The van der Waals surface area contributed by atoms with Crippen LogP contribution in [0, 0.1) is 0 Å². The second kappa shape index (κ2) is 52.4. The molecule has 0 spiro atoms. The normalized spacial score (nSPS) is 11.5. The Labute approximate surface area is 367 Å². The maximum Gasteiger partial charge on any atom is 0.409 e. The molecule has 0 bridgehead atoms. The standard InChI is InChI=1S/C55H111NO2/c1-4-7-10-13-16-19-22-25-28-31-34-37-40-43-46-49-52-56(53-50-47-44-41-38-35-32-29-26-23-20-17-14-11-8-5-2)55(57)58-54-51-48-45-42-39-36-33-30-27-24-21-18-15-12-9-6-3/h4-54H2,1-3H3. The fraction of sp³-hybridized carbons (Fsp3) is 0.982. The fourth-order valence-electron chi connectivity index (χ4n) is 8.90. The number of carbonyl (C=O) groups is 1. The van der Waals surface area contributed by atoms with Gasteiger partial charge in [0.05, 0.1) is 6.61 Å². The number of carbonyl (C=O) groups excluding carboxylic acids is 1. The molecule has 0 rings (SSSR count). The third kappa shape index (κ3) is 47.9. The lowest BCUT2D eigenvalue weighted by Gasteiger charge is -2.22. The van der Waals surface area contributed by atoms with Crippen molar-refractivity contribution in [1.82, 2.24) is 4.90 Å². The molecule has 0 unspecified atom stereocenters. The molecule has 348 valence electrons. The number of nitrogens with zero attached hydrogens (tertiary/aromatic N) is 1. The summed E-state index contributed by atoms with van der Waals surface area (Å²) in [6.45, 7) is 9.28. The van der Waals surface area contributed by atoms with Gasteiger partial charge in [0.2, 0.25) is 0 Å². The highest BCUT2D eigenvalue weighted by Crippen LogP contribution is 2.17. The minimum absolute atomic E-state index is 0.0390. The largest absolute Gasteiger partial charge is 0.449 e. The first-order valence-corrected chi connectivity index (χ1v) is 27.7. The van der Waals surface area contributed by atoms with Gasteiger partial charge in [-0.3, -0.25) is 0 Å². The molecule has 1 amide bonds. The van der Waals surface area contributed by atoms with E-state index >= 15 is 0 Å². The first-order chi connectivity index (χ1) is 28.8. The van der Waals surface area contributed by atoms with Crippen molar-refractivity contribution < 1.29 is 9.53 Å². The summed E-state index contributed by atoms with van der Waals surface area (Å²) in [5.74, 6) is 0. The Balaban J connectivity index is 4.07. The van der Waals surface area contributed by atoms with Gasteiger partial charge in [0.15, 0.2) is 0 Å². The first kappa shape index (κ1) is 57.3. The predicted octanol–water partition coefficient (Wildman–Crippen LogP) is 20.2. The zero-order valence-electron chi connectivity index (χ0n) is 40.8.